The minimum Gasteiger partial charge on any atom is -0.490 e. The third-order valence-electron chi connectivity index (χ3n) is 7.47. The molecule has 1 amide bonds. The summed E-state index contributed by atoms with van der Waals surface area (Å²) >= 11 is 6.11. The Labute approximate surface area is 259 Å². The molecule has 0 bridgehead atoms. The van der Waals surface area contributed by atoms with Crippen LogP contribution in [0.5, 0.6) is 5.75 Å². The molecule has 8 heteroatoms. The Morgan fingerprint density at radius 2 is 1.67 bits per heavy atom. The van der Waals surface area contributed by atoms with Gasteiger partial charge in [-0.1, -0.05) is 60.5 Å². The summed E-state index contributed by atoms with van der Waals surface area (Å²) in [5.41, 5.74) is 3.34. The molecule has 1 fully saturated rings. The van der Waals surface area contributed by atoms with Gasteiger partial charge in [0.15, 0.2) is 0 Å². The molecule has 1 atom stereocenters. The molecule has 0 heterocycles. The van der Waals surface area contributed by atoms with Gasteiger partial charge in [-0.05, 0) is 99.4 Å². The number of rotatable bonds is 10. The molecule has 3 aromatic carbocycles. The summed E-state index contributed by atoms with van der Waals surface area (Å²) in [6.45, 7) is 5.89. The Balaban J connectivity index is 1.47. The lowest BCUT2D eigenvalue weighted by atomic mass is 9.97. The van der Waals surface area contributed by atoms with Crippen LogP contribution in [0.15, 0.2) is 66.7 Å². The zero-order valence-corrected chi connectivity index (χ0v) is 26.2. The molecule has 1 saturated carbocycles. The molecule has 1 aliphatic carbocycles. The highest BCUT2D eigenvalue weighted by Gasteiger charge is 2.25. The minimum absolute atomic E-state index is 0.0731. The van der Waals surface area contributed by atoms with E-state index in [-0.39, 0.29) is 12.6 Å². The van der Waals surface area contributed by atoms with E-state index < -0.39 is 23.8 Å². The second-order valence-electron chi connectivity index (χ2n) is 12.0. The molecular formula is C35H42ClNO6. The van der Waals surface area contributed by atoms with E-state index >= 15 is 0 Å². The van der Waals surface area contributed by atoms with Gasteiger partial charge in [0.2, 0.25) is 0 Å². The fourth-order valence-electron chi connectivity index (χ4n) is 5.18. The average molecular weight is 608 g/mol. The molecule has 0 saturated heterocycles. The number of hydrogen-bond donors (Lipinski definition) is 1. The minimum atomic E-state index is -0.911. The average Bonchev–Trinajstić information content (AvgIpc) is 2.98. The molecule has 0 spiro atoms. The second kappa shape index (κ2) is 14.8. The van der Waals surface area contributed by atoms with Crippen molar-refractivity contribution in [1.29, 1.82) is 0 Å². The maximum absolute atomic E-state index is 13.0. The first-order chi connectivity index (χ1) is 20.5. The Morgan fingerprint density at radius 1 is 0.977 bits per heavy atom. The van der Waals surface area contributed by atoms with Gasteiger partial charge >= 0.3 is 12.1 Å². The van der Waals surface area contributed by atoms with Crippen molar-refractivity contribution in [2.24, 2.45) is 0 Å². The first kappa shape index (κ1) is 32.4. The van der Waals surface area contributed by atoms with Crippen LogP contribution < -0.4 is 4.74 Å². The van der Waals surface area contributed by atoms with Crippen molar-refractivity contribution in [2.45, 2.75) is 77.1 Å². The van der Waals surface area contributed by atoms with Crippen LogP contribution in [0.2, 0.25) is 5.02 Å². The fourth-order valence-corrected chi connectivity index (χ4v) is 5.38. The summed E-state index contributed by atoms with van der Waals surface area (Å²) in [6.07, 6.45) is 4.71. The SMILES string of the molecule is COC(=O)c1ccc(-c2ccc(CCN(C[C@H](O)c3cccc(Cl)c3)C(=O)OC(C)(C)C)cc2)cc1OC1CCCCC1. The Morgan fingerprint density at radius 3 is 2.33 bits per heavy atom. The highest BCUT2D eigenvalue weighted by Crippen LogP contribution is 2.32. The van der Waals surface area contributed by atoms with Crippen LogP contribution in [0.25, 0.3) is 11.1 Å². The third kappa shape index (κ3) is 9.47. The summed E-state index contributed by atoms with van der Waals surface area (Å²) in [4.78, 5) is 27.0. The van der Waals surface area contributed by atoms with Gasteiger partial charge < -0.3 is 24.2 Å². The monoisotopic (exact) mass is 607 g/mol. The normalized spacial score (nSPS) is 14.6. The molecule has 0 aromatic heterocycles. The van der Waals surface area contributed by atoms with E-state index in [0.29, 0.717) is 34.9 Å². The van der Waals surface area contributed by atoms with Crippen molar-refractivity contribution in [3.05, 3.63) is 88.4 Å². The zero-order valence-electron chi connectivity index (χ0n) is 25.5. The number of nitrogens with zero attached hydrogens (tertiary/aromatic N) is 1. The summed E-state index contributed by atoms with van der Waals surface area (Å²) in [5.74, 6) is 0.134. The van der Waals surface area contributed by atoms with Crippen LogP contribution >= 0.6 is 11.6 Å². The third-order valence-corrected chi connectivity index (χ3v) is 7.70. The van der Waals surface area contributed by atoms with E-state index in [1.165, 1.54) is 18.4 Å². The number of carbonyl (C=O) groups is 2. The van der Waals surface area contributed by atoms with Crippen LogP contribution in [0.4, 0.5) is 4.79 Å². The van der Waals surface area contributed by atoms with Gasteiger partial charge in [0, 0.05) is 11.6 Å². The molecule has 1 N–H and O–H groups in total. The van der Waals surface area contributed by atoms with Crippen LogP contribution in [-0.2, 0) is 15.9 Å². The predicted molar refractivity (Wildman–Crippen MR) is 169 cm³/mol. The Hall–Kier alpha value is -3.55. The number of carbonyl (C=O) groups excluding carboxylic acids is 2. The lowest BCUT2D eigenvalue weighted by Crippen LogP contribution is -2.40. The second-order valence-corrected chi connectivity index (χ2v) is 12.5. The van der Waals surface area contributed by atoms with E-state index in [4.69, 9.17) is 25.8 Å². The molecule has 0 aliphatic heterocycles. The number of hydrogen-bond acceptors (Lipinski definition) is 6. The summed E-state index contributed by atoms with van der Waals surface area (Å²) < 4.78 is 16.9. The molecule has 230 valence electrons. The Kier molecular flexibility index (Phi) is 11.1. The summed E-state index contributed by atoms with van der Waals surface area (Å²) in [7, 11) is 1.38. The number of amides is 1. The number of halogens is 1. The molecule has 43 heavy (non-hydrogen) atoms. The van der Waals surface area contributed by atoms with Crippen LogP contribution in [0, 0.1) is 0 Å². The smallest absolute Gasteiger partial charge is 0.410 e. The van der Waals surface area contributed by atoms with Crippen LogP contribution in [-0.4, -0.2) is 54.0 Å². The van der Waals surface area contributed by atoms with E-state index in [1.54, 1.807) is 30.3 Å². The number of aliphatic hydroxyl groups is 1. The van der Waals surface area contributed by atoms with Crippen molar-refractivity contribution in [3.63, 3.8) is 0 Å². The van der Waals surface area contributed by atoms with E-state index in [9.17, 15) is 14.7 Å². The van der Waals surface area contributed by atoms with Gasteiger partial charge in [-0.3, -0.25) is 0 Å². The van der Waals surface area contributed by atoms with Gasteiger partial charge in [-0.25, -0.2) is 9.59 Å². The first-order valence-corrected chi connectivity index (χ1v) is 15.3. The number of aliphatic hydroxyl groups excluding tert-OH is 1. The Bertz CT molecular complexity index is 1380. The predicted octanol–water partition coefficient (Wildman–Crippen LogP) is 8.02. The van der Waals surface area contributed by atoms with Gasteiger partial charge in [0.1, 0.15) is 16.9 Å². The molecule has 3 aromatic rings. The van der Waals surface area contributed by atoms with Crippen molar-refractivity contribution in [2.75, 3.05) is 20.2 Å². The maximum Gasteiger partial charge on any atom is 0.410 e. The highest BCUT2D eigenvalue weighted by molar-refractivity contribution is 6.30. The fraction of sp³-hybridized carbons (Fsp3) is 0.429. The quantitative estimate of drug-likeness (QED) is 0.235. The van der Waals surface area contributed by atoms with Crippen molar-refractivity contribution in [1.82, 2.24) is 4.90 Å². The van der Waals surface area contributed by atoms with Crippen molar-refractivity contribution < 1.29 is 28.9 Å². The van der Waals surface area contributed by atoms with E-state index in [2.05, 4.69) is 0 Å². The molecule has 0 radical (unpaired) electrons. The van der Waals surface area contributed by atoms with Gasteiger partial charge in [-0.2, -0.15) is 0 Å². The molecular weight excluding hydrogens is 566 g/mol. The molecule has 1 aliphatic rings. The van der Waals surface area contributed by atoms with Crippen molar-refractivity contribution >= 4 is 23.7 Å². The van der Waals surface area contributed by atoms with Crippen molar-refractivity contribution in [3.8, 4) is 16.9 Å². The highest BCUT2D eigenvalue weighted by atomic mass is 35.5. The summed E-state index contributed by atoms with van der Waals surface area (Å²) in [6, 6.07) is 20.6. The number of methoxy groups -OCH3 is 1. The van der Waals surface area contributed by atoms with E-state index in [0.717, 1.165) is 42.4 Å². The van der Waals surface area contributed by atoms with Crippen LogP contribution in [0.1, 0.15) is 80.5 Å². The standard InChI is InChI=1S/C35H42ClNO6/c1-35(2,3)43-34(40)37(23-31(38)27-9-8-10-28(36)21-27)20-19-24-13-15-25(16-14-24)26-17-18-30(33(39)41-4)32(22-26)42-29-11-6-5-7-12-29/h8-10,13-18,21-22,29,31,38H,5-7,11-12,19-20,23H2,1-4H3/t31-/m0/s1. The van der Waals surface area contributed by atoms with Gasteiger partial charge in [0.05, 0.1) is 25.9 Å². The topological polar surface area (TPSA) is 85.3 Å². The molecule has 0 unspecified atom stereocenters. The lowest BCUT2D eigenvalue weighted by molar-refractivity contribution is 0.0147. The largest absolute Gasteiger partial charge is 0.490 e. The van der Waals surface area contributed by atoms with Crippen LogP contribution in [0.3, 0.4) is 0 Å². The number of benzene rings is 3. The lowest BCUT2D eigenvalue weighted by Gasteiger charge is -2.29. The van der Waals surface area contributed by atoms with E-state index in [1.807, 2.05) is 57.2 Å². The maximum atomic E-state index is 13.0. The number of ether oxygens (including phenoxy) is 3. The molecule has 7 nitrogen and oxygen atoms in total. The van der Waals surface area contributed by atoms with Gasteiger partial charge in [0.25, 0.3) is 0 Å². The molecule has 4 rings (SSSR count). The van der Waals surface area contributed by atoms with Gasteiger partial charge in [-0.15, -0.1) is 0 Å². The first-order valence-electron chi connectivity index (χ1n) is 14.9. The number of esters is 1. The zero-order chi connectivity index (χ0) is 31.0. The summed E-state index contributed by atoms with van der Waals surface area (Å²) in [5, 5.41) is 11.4.